The number of nitrogen functional groups attached to an aromatic ring is 1. The van der Waals surface area contributed by atoms with Crippen molar-refractivity contribution in [1.29, 1.82) is 0 Å². The molecule has 0 saturated carbocycles. The Morgan fingerprint density at radius 2 is 1.94 bits per heavy atom. The highest BCUT2D eigenvalue weighted by Crippen LogP contribution is 2.20. The summed E-state index contributed by atoms with van der Waals surface area (Å²) >= 11 is 0. The summed E-state index contributed by atoms with van der Waals surface area (Å²) in [4.78, 5) is 4.30. The molecular formula is C14H12FN3. The van der Waals surface area contributed by atoms with E-state index in [0.29, 0.717) is 5.52 Å². The standard InChI is InChI=1S/C14H12FN3/c15-12-6-11-5-10(9-18-3-1-2-4-18)8-17-14(11)7-13(12)16/h1-8H,9,16H2. The number of benzene rings is 1. The quantitative estimate of drug-likeness (QED) is 0.701. The van der Waals surface area contributed by atoms with E-state index in [1.165, 1.54) is 6.07 Å². The molecule has 0 aliphatic rings. The van der Waals surface area contributed by atoms with Gasteiger partial charge in [-0.05, 0) is 35.9 Å². The number of fused-ring (bicyclic) bond motifs is 1. The van der Waals surface area contributed by atoms with Crippen LogP contribution in [0, 0.1) is 5.82 Å². The highest BCUT2D eigenvalue weighted by molar-refractivity contribution is 5.82. The summed E-state index contributed by atoms with van der Waals surface area (Å²) in [6, 6.07) is 8.86. The molecule has 3 aromatic rings. The van der Waals surface area contributed by atoms with Gasteiger partial charge in [0.05, 0.1) is 11.2 Å². The van der Waals surface area contributed by atoms with Gasteiger partial charge >= 0.3 is 0 Å². The molecule has 2 heterocycles. The number of nitrogens with zero attached hydrogens (tertiary/aromatic N) is 2. The summed E-state index contributed by atoms with van der Waals surface area (Å²) in [5, 5.41) is 0.770. The van der Waals surface area contributed by atoms with Gasteiger partial charge in [-0.2, -0.15) is 0 Å². The van der Waals surface area contributed by atoms with E-state index in [1.54, 1.807) is 12.3 Å². The maximum Gasteiger partial charge on any atom is 0.146 e. The monoisotopic (exact) mass is 241 g/mol. The zero-order chi connectivity index (χ0) is 12.5. The van der Waals surface area contributed by atoms with E-state index in [1.807, 2.05) is 35.2 Å². The molecule has 1 aromatic carbocycles. The Labute approximate surface area is 104 Å². The number of hydrogen-bond donors (Lipinski definition) is 1. The molecule has 90 valence electrons. The highest BCUT2D eigenvalue weighted by atomic mass is 19.1. The molecule has 0 aliphatic heterocycles. The van der Waals surface area contributed by atoms with Crippen molar-refractivity contribution in [2.24, 2.45) is 0 Å². The molecule has 0 unspecified atom stereocenters. The summed E-state index contributed by atoms with van der Waals surface area (Å²) in [6.07, 6.45) is 5.75. The van der Waals surface area contributed by atoms with E-state index < -0.39 is 5.82 Å². The molecule has 3 nitrogen and oxygen atoms in total. The highest BCUT2D eigenvalue weighted by Gasteiger charge is 2.04. The zero-order valence-electron chi connectivity index (χ0n) is 9.68. The van der Waals surface area contributed by atoms with Crippen molar-refractivity contribution in [3.05, 3.63) is 60.3 Å². The van der Waals surface area contributed by atoms with Crippen LogP contribution in [0.2, 0.25) is 0 Å². The van der Waals surface area contributed by atoms with Crippen molar-refractivity contribution in [2.45, 2.75) is 6.54 Å². The molecular weight excluding hydrogens is 229 g/mol. The molecule has 0 fully saturated rings. The van der Waals surface area contributed by atoms with Crippen LogP contribution in [0.15, 0.2) is 48.9 Å². The van der Waals surface area contributed by atoms with Crippen molar-refractivity contribution < 1.29 is 4.39 Å². The third kappa shape index (κ3) is 1.93. The summed E-state index contributed by atoms with van der Waals surface area (Å²) in [7, 11) is 0. The van der Waals surface area contributed by atoms with Crippen LogP contribution in [0.4, 0.5) is 10.1 Å². The SMILES string of the molecule is Nc1cc2ncc(Cn3cccc3)cc2cc1F. The zero-order valence-corrected chi connectivity index (χ0v) is 9.68. The second-order valence-corrected chi connectivity index (χ2v) is 4.27. The largest absolute Gasteiger partial charge is 0.396 e. The van der Waals surface area contributed by atoms with Crippen LogP contribution in [0.1, 0.15) is 5.56 Å². The van der Waals surface area contributed by atoms with Crippen LogP contribution in [-0.2, 0) is 6.54 Å². The first kappa shape index (κ1) is 10.8. The Morgan fingerprint density at radius 3 is 2.72 bits per heavy atom. The fraction of sp³-hybridized carbons (Fsp3) is 0.0714. The van der Waals surface area contributed by atoms with E-state index in [-0.39, 0.29) is 5.69 Å². The van der Waals surface area contributed by atoms with Gasteiger partial charge in [-0.3, -0.25) is 4.98 Å². The van der Waals surface area contributed by atoms with Crippen molar-refractivity contribution in [3.63, 3.8) is 0 Å². The average Bonchev–Trinajstić information content (AvgIpc) is 2.84. The molecule has 18 heavy (non-hydrogen) atoms. The molecule has 0 saturated heterocycles. The first-order chi connectivity index (χ1) is 8.72. The van der Waals surface area contributed by atoms with E-state index in [2.05, 4.69) is 4.98 Å². The fourth-order valence-electron chi connectivity index (χ4n) is 1.98. The van der Waals surface area contributed by atoms with Crippen LogP contribution in [0.25, 0.3) is 10.9 Å². The van der Waals surface area contributed by atoms with E-state index in [9.17, 15) is 4.39 Å². The summed E-state index contributed by atoms with van der Waals surface area (Å²) in [6.45, 7) is 0.724. The Balaban J connectivity index is 2.02. The molecule has 0 bridgehead atoms. The predicted molar refractivity (Wildman–Crippen MR) is 69.6 cm³/mol. The van der Waals surface area contributed by atoms with Gasteiger partial charge < -0.3 is 10.3 Å². The van der Waals surface area contributed by atoms with Gasteiger partial charge in [0.15, 0.2) is 0 Å². The molecule has 0 atom stereocenters. The lowest BCUT2D eigenvalue weighted by atomic mass is 10.1. The lowest BCUT2D eigenvalue weighted by Gasteiger charge is -2.05. The third-order valence-electron chi connectivity index (χ3n) is 2.89. The predicted octanol–water partition coefficient (Wildman–Crippen LogP) is 2.81. The van der Waals surface area contributed by atoms with Gasteiger partial charge in [-0.25, -0.2) is 4.39 Å². The molecule has 0 radical (unpaired) electrons. The second kappa shape index (κ2) is 4.14. The summed E-state index contributed by atoms with van der Waals surface area (Å²) < 4.78 is 15.4. The minimum Gasteiger partial charge on any atom is -0.396 e. The fourth-order valence-corrected chi connectivity index (χ4v) is 1.98. The summed E-state index contributed by atoms with van der Waals surface area (Å²) in [5.74, 6) is -0.401. The lowest BCUT2D eigenvalue weighted by Crippen LogP contribution is -1.98. The normalized spacial score (nSPS) is 10.9. The number of pyridine rings is 1. The summed E-state index contributed by atoms with van der Waals surface area (Å²) in [5.41, 5.74) is 7.39. The van der Waals surface area contributed by atoms with Crippen molar-refractivity contribution in [2.75, 3.05) is 5.73 Å². The number of anilines is 1. The van der Waals surface area contributed by atoms with Gasteiger partial charge in [0.2, 0.25) is 0 Å². The Morgan fingerprint density at radius 1 is 1.17 bits per heavy atom. The van der Waals surface area contributed by atoms with E-state index >= 15 is 0 Å². The van der Waals surface area contributed by atoms with Crippen LogP contribution >= 0.6 is 0 Å². The first-order valence-electron chi connectivity index (χ1n) is 5.67. The van der Waals surface area contributed by atoms with E-state index in [0.717, 1.165) is 17.5 Å². The number of hydrogen-bond acceptors (Lipinski definition) is 2. The topological polar surface area (TPSA) is 43.8 Å². The Hall–Kier alpha value is -2.36. The average molecular weight is 241 g/mol. The smallest absolute Gasteiger partial charge is 0.146 e. The van der Waals surface area contributed by atoms with Crippen LogP contribution in [0.3, 0.4) is 0 Å². The lowest BCUT2D eigenvalue weighted by molar-refractivity contribution is 0.634. The number of rotatable bonds is 2. The Kier molecular flexibility index (Phi) is 2.48. The van der Waals surface area contributed by atoms with Crippen LogP contribution < -0.4 is 5.73 Å². The van der Waals surface area contributed by atoms with Crippen molar-refractivity contribution >= 4 is 16.6 Å². The first-order valence-corrected chi connectivity index (χ1v) is 5.67. The van der Waals surface area contributed by atoms with E-state index in [4.69, 9.17) is 5.73 Å². The molecule has 0 aliphatic carbocycles. The molecule has 0 spiro atoms. The van der Waals surface area contributed by atoms with Crippen LogP contribution in [0.5, 0.6) is 0 Å². The number of nitrogens with two attached hydrogens (primary N) is 1. The molecule has 4 heteroatoms. The van der Waals surface area contributed by atoms with Gasteiger partial charge in [-0.1, -0.05) is 0 Å². The molecule has 0 amide bonds. The van der Waals surface area contributed by atoms with Gasteiger partial charge in [0.25, 0.3) is 0 Å². The minimum atomic E-state index is -0.401. The van der Waals surface area contributed by atoms with Gasteiger partial charge in [-0.15, -0.1) is 0 Å². The molecule has 3 rings (SSSR count). The van der Waals surface area contributed by atoms with Gasteiger partial charge in [0, 0.05) is 30.5 Å². The maximum atomic E-state index is 13.4. The third-order valence-corrected chi connectivity index (χ3v) is 2.89. The second-order valence-electron chi connectivity index (χ2n) is 4.27. The Bertz CT molecular complexity index is 690. The minimum absolute atomic E-state index is 0.133. The molecule has 2 N–H and O–H groups in total. The van der Waals surface area contributed by atoms with Crippen molar-refractivity contribution in [1.82, 2.24) is 9.55 Å². The number of aromatic nitrogens is 2. The van der Waals surface area contributed by atoms with Crippen molar-refractivity contribution in [3.8, 4) is 0 Å². The number of halogens is 1. The van der Waals surface area contributed by atoms with Crippen LogP contribution in [-0.4, -0.2) is 9.55 Å². The maximum absolute atomic E-state index is 13.4. The van der Waals surface area contributed by atoms with Gasteiger partial charge in [0.1, 0.15) is 5.82 Å². The molecule has 2 aromatic heterocycles.